The van der Waals surface area contributed by atoms with Gasteiger partial charge in [-0.3, -0.25) is 4.90 Å². The number of benzene rings is 1. The molecule has 1 fully saturated rings. The van der Waals surface area contributed by atoms with Crippen molar-refractivity contribution in [1.29, 1.82) is 10.5 Å². The molecule has 1 aliphatic rings. The van der Waals surface area contributed by atoms with Crippen LogP contribution in [-0.4, -0.2) is 60.8 Å². The summed E-state index contributed by atoms with van der Waals surface area (Å²) in [6, 6.07) is 10.9. The van der Waals surface area contributed by atoms with Gasteiger partial charge in [-0.15, -0.1) is 0 Å². The molecule has 7 nitrogen and oxygen atoms in total. The Morgan fingerprint density at radius 1 is 1.11 bits per heavy atom. The summed E-state index contributed by atoms with van der Waals surface area (Å²) in [5.74, 6) is 0.736. The van der Waals surface area contributed by atoms with E-state index in [2.05, 4.69) is 4.90 Å². The van der Waals surface area contributed by atoms with Crippen LogP contribution < -0.4 is 4.74 Å². The molecule has 0 radical (unpaired) electrons. The van der Waals surface area contributed by atoms with Crippen LogP contribution in [0.1, 0.15) is 26.3 Å². The van der Waals surface area contributed by atoms with Crippen molar-refractivity contribution < 1.29 is 14.3 Å². The van der Waals surface area contributed by atoms with Crippen LogP contribution in [0.2, 0.25) is 0 Å². The second-order valence-corrected chi connectivity index (χ2v) is 7.51. The molecule has 1 amide bonds. The quantitative estimate of drug-likeness (QED) is 0.727. The number of nitriles is 2. The summed E-state index contributed by atoms with van der Waals surface area (Å²) in [5.41, 5.74) is 0.376. The van der Waals surface area contributed by atoms with Gasteiger partial charge < -0.3 is 14.4 Å². The maximum absolute atomic E-state index is 12.1. The highest BCUT2D eigenvalue weighted by molar-refractivity contribution is 5.68. The van der Waals surface area contributed by atoms with Crippen molar-refractivity contribution in [2.45, 2.75) is 26.4 Å². The molecule has 0 bridgehead atoms. The third-order valence-corrected chi connectivity index (χ3v) is 4.13. The van der Waals surface area contributed by atoms with Gasteiger partial charge >= 0.3 is 6.09 Å². The molecule has 7 heteroatoms. The Hall–Kier alpha value is -3.03. The van der Waals surface area contributed by atoms with Crippen LogP contribution in [0.25, 0.3) is 6.08 Å². The highest BCUT2D eigenvalue weighted by Crippen LogP contribution is 2.15. The minimum Gasteiger partial charge on any atom is -0.492 e. The number of piperazine rings is 1. The Morgan fingerprint density at radius 3 is 2.25 bits per heavy atom. The van der Waals surface area contributed by atoms with Crippen LogP contribution in [0, 0.1) is 22.7 Å². The SMILES string of the molecule is CC(C)(C)OC(=O)N1CCN(CCOc2ccc(C=C(C#N)C#N)cc2)CC1. The molecule has 2 rings (SSSR count). The molecule has 0 saturated carbocycles. The van der Waals surface area contributed by atoms with Gasteiger partial charge in [0.15, 0.2) is 0 Å². The summed E-state index contributed by atoms with van der Waals surface area (Å²) >= 11 is 0. The zero-order chi connectivity index (χ0) is 20.6. The summed E-state index contributed by atoms with van der Waals surface area (Å²) in [6.07, 6.45) is 1.28. The second kappa shape index (κ2) is 9.77. The highest BCUT2D eigenvalue weighted by Gasteiger charge is 2.25. The van der Waals surface area contributed by atoms with Crippen LogP contribution >= 0.6 is 0 Å². The van der Waals surface area contributed by atoms with Gasteiger partial charge in [-0.25, -0.2) is 4.79 Å². The fourth-order valence-corrected chi connectivity index (χ4v) is 2.69. The van der Waals surface area contributed by atoms with Gasteiger partial charge in [-0.1, -0.05) is 12.1 Å². The van der Waals surface area contributed by atoms with E-state index in [-0.39, 0.29) is 11.7 Å². The number of amides is 1. The van der Waals surface area contributed by atoms with Gasteiger partial charge in [0.2, 0.25) is 0 Å². The Kier molecular flexibility index (Phi) is 7.43. The van der Waals surface area contributed by atoms with E-state index in [4.69, 9.17) is 20.0 Å². The topological polar surface area (TPSA) is 89.6 Å². The van der Waals surface area contributed by atoms with Crippen molar-refractivity contribution in [3.8, 4) is 17.9 Å². The summed E-state index contributed by atoms with van der Waals surface area (Å²) in [4.78, 5) is 16.1. The number of nitrogens with zero attached hydrogens (tertiary/aromatic N) is 4. The molecule has 0 spiro atoms. The molecule has 148 valence electrons. The molecule has 1 aliphatic heterocycles. The van der Waals surface area contributed by atoms with Crippen molar-refractivity contribution in [3.63, 3.8) is 0 Å². The lowest BCUT2D eigenvalue weighted by molar-refractivity contribution is 0.0137. The fraction of sp³-hybridized carbons (Fsp3) is 0.476. The molecule has 1 aromatic carbocycles. The van der Waals surface area contributed by atoms with Gasteiger partial charge in [0.05, 0.1) is 0 Å². The monoisotopic (exact) mass is 382 g/mol. The molecule has 28 heavy (non-hydrogen) atoms. The first kappa shape index (κ1) is 21.3. The third-order valence-electron chi connectivity index (χ3n) is 4.13. The first-order valence-electron chi connectivity index (χ1n) is 9.26. The average Bonchev–Trinajstić information content (AvgIpc) is 2.66. The second-order valence-electron chi connectivity index (χ2n) is 7.51. The van der Waals surface area contributed by atoms with Gasteiger partial charge in [0.1, 0.15) is 35.7 Å². The zero-order valence-electron chi connectivity index (χ0n) is 16.6. The average molecular weight is 382 g/mol. The van der Waals surface area contributed by atoms with E-state index in [1.807, 2.05) is 57.2 Å². The number of hydrogen-bond donors (Lipinski definition) is 0. The Balaban J connectivity index is 1.72. The molecule has 0 aromatic heterocycles. The first-order valence-corrected chi connectivity index (χ1v) is 9.26. The van der Waals surface area contributed by atoms with Crippen molar-refractivity contribution in [1.82, 2.24) is 9.80 Å². The van der Waals surface area contributed by atoms with Gasteiger partial charge in [0.25, 0.3) is 0 Å². The zero-order valence-corrected chi connectivity index (χ0v) is 16.6. The van der Waals surface area contributed by atoms with E-state index < -0.39 is 5.60 Å². The maximum Gasteiger partial charge on any atom is 0.410 e. The standard InChI is InChI=1S/C21H26N4O3/c1-21(2,3)28-20(26)25-10-8-24(9-11-25)12-13-27-19-6-4-17(5-7-19)14-18(15-22)16-23/h4-7,14H,8-13H2,1-3H3. The minimum atomic E-state index is -0.474. The van der Waals surface area contributed by atoms with E-state index in [1.54, 1.807) is 4.90 Å². The van der Waals surface area contributed by atoms with Crippen LogP contribution in [0.4, 0.5) is 4.79 Å². The van der Waals surface area contributed by atoms with E-state index in [0.717, 1.165) is 30.9 Å². The van der Waals surface area contributed by atoms with E-state index >= 15 is 0 Å². The summed E-state index contributed by atoms with van der Waals surface area (Å²) < 4.78 is 11.2. The number of carbonyl (C=O) groups is 1. The Labute approximate surface area is 166 Å². The van der Waals surface area contributed by atoms with Crippen molar-refractivity contribution in [2.24, 2.45) is 0 Å². The van der Waals surface area contributed by atoms with E-state index in [1.165, 1.54) is 6.08 Å². The van der Waals surface area contributed by atoms with Crippen LogP contribution in [0.5, 0.6) is 5.75 Å². The normalized spacial score (nSPS) is 14.5. The molecular formula is C21H26N4O3. The van der Waals surface area contributed by atoms with Crippen LogP contribution in [-0.2, 0) is 4.74 Å². The predicted octanol–water partition coefficient (Wildman–Crippen LogP) is 3.05. The predicted molar refractivity (Wildman–Crippen MR) is 105 cm³/mol. The number of ether oxygens (including phenoxy) is 2. The summed E-state index contributed by atoms with van der Waals surface area (Å²) in [7, 11) is 0. The molecule has 1 saturated heterocycles. The maximum atomic E-state index is 12.1. The largest absolute Gasteiger partial charge is 0.492 e. The molecule has 0 aliphatic carbocycles. The van der Waals surface area contributed by atoms with Crippen LogP contribution in [0.3, 0.4) is 0 Å². The van der Waals surface area contributed by atoms with Crippen molar-refractivity contribution >= 4 is 12.2 Å². The van der Waals surface area contributed by atoms with Crippen molar-refractivity contribution in [3.05, 3.63) is 35.4 Å². The highest BCUT2D eigenvalue weighted by atomic mass is 16.6. The molecule has 0 unspecified atom stereocenters. The Morgan fingerprint density at radius 2 is 1.71 bits per heavy atom. The molecule has 1 heterocycles. The lowest BCUT2D eigenvalue weighted by atomic mass is 10.1. The smallest absolute Gasteiger partial charge is 0.410 e. The van der Waals surface area contributed by atoms with Gasteiger partial charge in [0, 0.05) is 32.7 Å². The van der Waals surface area contributed by atoms with Gasteiger partial charge in [-0.2, -0.15) is 10.5 Å². The Bertz CT molecular complexity index is 758. The number of rotatable bonds is 5. The van der Waals surface area contributed by atoms with Crippen molar-refractivity contribution in [2.75, 3.05) is 39.3 Å². The third kappa shape index (κ3) is 6.94. The van der Waals surface area contributed by atoms with Crippen LogP contribution in [0.15, 0.2) is 29.8 Å². The summed E-state index contributed by atoms with van der Waals surface area (Å²) in [6.45, 7) is 9.80. The molecule has 1 aromatic rings. The number of hydrogen-bond acceptors (Lipinski definition) is 6. The fourth-order valence-electron chi connectivity index (χ4n) is 2.69. The lowest BCUT2D eigenvalue weighted by Crippen LogP contribution is -2.50. The lowest BCUT2D eigenvalue weighted by Gasteiger charge is -2.35. The molecule has 0 atom stereocenters. The minimum absolute atomic E-state index is 0.0687. The van der Waals surface area contributed by atoms with E-state index in [0.29, 0.717) is 19.7 Å². The number of allylic oxidation sites excluding steroid dienone is 1. The van der Waals surface area contributed by atoms with Gasteiger partial charge in [-0.05, 0) is 44.5 Å². The molecular weight excluding hydrogens is 356 g/mol. The molecule has 0 N–H and O–H groups in total. The number of carbonyl (C=O) groups excluding carboxylic acids is 1. The van der Waals surface area contributed by atoms with E-state index in [9.17, 15) is 4.79 Å². The first-order chi connectivity index (χ1) is 13.3. The summed E-state index contributed by atoms with van der Waals surface area (Å²) in [5, 5.41) is 17.6.